The maximum atomic E-state index is 12.5. The van der Waals surface area contributed by atoms with Gasteiger partial charge in [-0.3, -0.25) is 0 Å². The number of nitrogens with one attached hydrogen (secondary N) is 2. The van der Waals surface area contributed by atoms with E-state index in [0.29, 0.717) is 13.1 Å². The van der Waals surface area contributed by atoms with E-state index < -0.39 is 10.2 Å². The molecular formula is C14H29N3O3S. The van der Waals surface area contributed by atoms with Crippen LogP contribution in [0.1, 0.15) is 45.4 Å². The molecule has 0 aromatic heterocycles. The highest BCUT2D eigenvalue weighted by atomic mass is 32.2. The van der Waals surface area contributed by atoms with Crippen LogP contribution in [0, 0.1) is 0 Å². The topological polar surface area (TPSA) is 70.7 Å². The smallest absolute Gasteiger partial charge is 0.279 e. The van der Waals surface area contributed by atoms with Gasteiger partial charge >= 0.3 is 0 Å². The summed E-state index contributed by atoms with van der Waals surface area (Å²) in [7, 11) is -3.40. The van der Waals surface area contributed by atoms with Crippen molar-refractivity contribution >= 4 is 10.2 Å². The van der Waals surface area contributed by atoms with Crippen molar-refractivity contribution in [3.63, 3.8) is 0 Å². The number of ether oxygens (including phenoxy) is 1. The molecule has 2 heterocycles. The molecule has 0 aromatic rings. The zero-order valence-electron chi connectivity index (χ0n) is 13.0. The number of piperidine rings is 1. The first kappa shape index (κ1) is 17.1. The van der Waals surface area contributed by atoms with Crippen LogP contribution in [0.3, 0.4) is 0 Å². The third-order valence-corrected chi connectivity index (χ3v) is 5.91. The summed E-state index contributed by atoms with van der Waals surface area (Å²) < 4.78 is 35.1. The molecule has 0 radical (unpaired) electrons. The highest BCUT2D eigenvalue weighted by Crippen LogP contribution is 2.20. The zero-order chi connectivity index (χ0) is 15.1. The molecule has 0 saturated carbocycles. The summed E-state index contributed by atoms with van der Waals surface area (Å²) in [5.74, 6) is 0. The van der Waals surface area contributed by atoms with Gasteiger partial charge in [-0.1, -0.05) is 13.3 Å². The molecule has 2 fully saturated rings. The molecule has 0 aromatic carbocycles. The van der Waals surface area contributed by atoms with E-state index in [1.54, 1.807) is 4.31 Å². The van der Waals surface area contributed by atoms with E-state index in [4.69, 9.17) is 4.74 Å². The number of hydrogen-bond acceptors (Lipinski definition) is 4. The molecule has 124 valence electrons. The van der Waals surface area contributed by atoms with Crippen LogP contribution < -0.4 is 10.0 Å². The normalized spacial score (nSPS) is 28.6. The Morgan fingerprint density at radius 1 is 1.14 bits per heavy atom. The lowest BCUT2D eigenvalue weighted by Gasteiger charge is -2.35. The summed E-state index contributed by atoms with van der Waals surface area (Å²) in [5.41, 5.74) is 0. The molecule has 2 atom stereocenters. The van der Waals surface area contributed by atoms with Crippen LogP contribution in [-0.4, -0.2) is 57.7 Å². The molecule has 0 aliphatic carbocycles. The second kappa shape index (κ2) is 8.43. The quantitative estimate of drug-likeness (QED) is 0.730. The first-order valence-corrected chi connectivity index (χ1v) is 9.66. The molecule has 2 saturated heterocycles. The van der Waals surface area contributed by atoms with E-state index >= 15 is 0 Å². The molecule has 0 amide bonds. The van der Waals surface area contributed by atoms with Crippen LogP contribution >= 0.6 is 0 Å². The Morgan fingerprint density at radius 3 is 2.67 bits per heavy atom. The van der Waals surface area contributed by atoms with Crippen molar-refractivity contribution in [2.45, 2.75) is 57.6 Å². The third-order valence-electron chi connectivity index (χ3n) is 4.28. The van der Waals surface area contributed by atoms with Crippen molar-refractivity contribution in [3.05, 3.63) is 0 Å². The van der Waals surface area contributed by atoms with E-state index in [-0.39, 0.29) is 12.1 Å². The number of nitrogens with zero attached hydrogens (tertiary/aromatic N) is 1. The summed E-state index contributed by atoms with van der Waals surface area (Å²) in [4.78, 5) is 0. The number of hydrogen-bond donors (Lipinski definition) is 2. The van der Waals surface area contributed by atoms with Gasteiger partial charge in [-0.25, -0.2) is 0 Å². The summed E-state index contributed by atoms with van der Waals surface area (Å²) in [5, 5.41) is 3.27. The van der Waals surface area contributed by atoms with Crippen LogP contribution in [0.5, 0.6) is 0 Å². The van der Waals surface area contributed by atoms with Gasteiger partial charge in [0.1, 0.15) is 0 Å². The number of rotatable bonds is 7. The van der Waals surface area contributed by atoms with Crippen molar-refractivity contribution in [2.75, 3.05) is 32.8 Å². The average Bonchev–Trinajstić information content (AvgIpc) is 2.52. The van der Waals surface area contributed by atoms with E-state index in [2.05, 4.69) is 10.0 Å². The largest absolute Gasteiger partial charge is 0.377 e. The summed E-state index contributed by atoms with van der Waals surface area (Å²) in [6, 6.07) is 0.0727. The fraction of sp³-hybridized carbons (Fsp3) is 1.00. The van der Waals surface area contributed by atoms with Gasteiger partial charge in [0.2, 0.25) is 0 Å². The first-order chi connectivity index (χ1) is 10.1. The van der Waals surface area contributed by atoms with E-state index in [0.717, 1.165) is 58.2 Å². The Balaban J connectivity index is 1.88. The highest BCUT2D eigenvalue weighted by Gasteiger charge is 2.32. The van der Waals surface area contributed by atoms with Crippen LogP contribution in [0.25, 0.3) is 0 Å². The lowest BCUT2D eigenvalue weighted by atomic mass is 10.1. The van der Waals surface area contributed by atoms with Crippen molar-refractivity contribution in [1.29, 1.82) is 0 Å². The van der Waals surface area contributed by atoms with Crippen LogP contribution in [-0.2, 0) is 14.9 Å². The predicted octanol–water partition coefficient (Wildman–Crippen LogP) is 0.854. The summed E-state index contributed by atoms with van der Waals surface area (Å²) >= 11 is 0. The fourth-order valence-electron chi connectivity index (χ4n) is 3.05. The Kier molecular flexibility index (Phi) is 6.88. The molecule has 2 unspecified atom stereocenters. The molecule has 7 heteroatoms. The molecule has 2 N–H and O–H groups in total. The Bertz CT molecular complexity index is 396. The Morgan fingerprint density at radius 2 is 1.95 bits per heavy atom. The lowest BCUT2D eigenvalue weighted by molar-refractivity contribution is 0.0197. The standard InChI is InChI=1S/C14H29N3O3S/c1-2-15-11-13-7-3-5-9-17(13)21(18,19)16-12-14-8-4-6-10-20-14/h13-16H,2-12H2,1H3. The monoisotopic (exact) mass is 319 g/mol. The molecule has 2 aliphatic heterocycles. The lowest BCUT2D eigenvalue weighted by Crippen LogP contribution is -2.53. The first-order valence-electron chi connectivity index (χ1n) is 8.22. The molecule has 0 spiro atoms. The van der Waals surface area contributed by atoms with Crippen molar-refractivity contribution in [1.82, 2.24) is 14.3 Å². The van der Waals surface area contributed by atoms with E-state index in [9.17, 15) is 8.42 Å². The van der Waals surface area contributed by atoms with Gasteiger partial charge in [0.25, 0.3) is 10.2 Å². The van der Waals surface area contributed by atoms with Crippen molar-refractivity contribution in [3.8, 4) is 0 Å². The van der Waals surface area contributed by atoms with Gasteiger partial charge in [-0.2, -0.15) is 17.4 Å². The van der Waals surface area contributed by atoms with E-state index in [1.807, 2.05) is 6.92 Å². The molecule has 2 rings (SSSR count). The predicted molar refractivity (Wildman–Crippen MR) is 83.4 cm³/mol. The second-order valence-electron chi connectivity index (χ2n) is 5.91. The molecule has 21 heavy (non-hydrogen) atoms. The maximum absolute atomic E-state index is 12.5. The van der Waals surface area contributed by atoms with Crippen LogP contribution in [0.4, 0.5) is 0 Å². The molecule has 6 nitrogen and oxygen atoms in total. The SMILES string of the molecule is CCNCC1CCCCN1S(=O)(=O)NCC1CCCCO1. The minimum atomic E-state index is -3.40. The van der Waals surface area contributed by atoms with Gasteiger partial charge in [-0.05, 0) is 38.6 Å². The van der Waals surface area contributed by atoms with Crippen LogP contribution in [0.2, 0.25) is 0 Å². The average molecular weight is 319 g/mol. The van der Waals surface area contributed by atoms with Gasteiger partial charge in [0.05, 0.1) is 6.10 Å². The van der Waals surface area contributed by atoms with Gasteiger partial charge in [0, 0.05) is 32.3 Å². The van der Waals surface area contributed by atoms with E-state index in [1.165, 1.54) is 0 Å². The summed E-state index contributed by atoms with van der Waals surface area (Å²) in [6.45, 7) is 5.41. The second-order valence-corrected chi connectivity index (χ2v) is 7.62. The minimum Gasteiger partial charge on any atom is -0.377 e. The van der Waals surface area contributed by atoms with Gasteiger partial charge in [0.15, 0.2) is 0 Å². The van der Waals surface area contributed by atoms with Crippen molar-refractivity contribution in [2.24, 2.45) is 0 Å². The van der Waals surface area contributed by atoms with Crippen LogP contribution in [0.15, 0.2) is 0 Å². The molecule has 2 aliphatic rings. The van der Waals surface area contributed by atoms with Crippen molar-refractivity contribution < 1.29 is 13.2 Å². The highest BCUT2D eigenvalue weighted by molar-refractivity contribution is 7.87. The Hall–Kier alpha value is -0.210. The zero-order valence-corrected chi connectivity index (χ0v) is 13.8. The van der Waals surface area contributed by atoms with Gasteiger partial charge in [-0.15, -0.1) is 0 Å². The number of likely N-dealkylation sites (N-methyl/N-ethyl adjacent to an activating group) is 1. The Labute approximate surface area is 128 Å². The van der Waals surface area contributed by atoms with Gasteiger partial charge < -0.3 is 10.1 Å². The summed E-state index contributed by atoms with van der Waals surface area (Å²) in [6.07, 6.45) is 6.18. The third kappa shape index (κ3) is 5.17. The molecular weight excluding hydrogens is 290 g/mol. The maximum Gasteiger partial charge on any atom is 0.279 e. The fourth-order valence-corrected chi connectivity index (χ4v) is 4.56. The molecule has 0 bridgehead atoms. The minimum absolute atomic E-state index is 0.0329.